The summed E-state index contributed by atoms with van der Waals surface area (Å²) in [5, 5.41) is 14.4. The van der Waals surface area contributed by atoms with Crippen molar-refractivity contribution in [1.82, 2.24) is 9.97 Å². The van der Waals surface area contributed by atoms with Gasteiger partial charge < -0.3 is 15.4 Å². The van der Waals surface area contributed by atoms with Crippen LogP contribution >= 0.6 is 0 Å². The lowest BCUT2D eigenvalue weighted by molar-refractivity contribution is -0.137. The van der Waals surface area contributed by atoms with Crippen molar-refractivity contribution in [2.24, 2.45) is 0 Å². The summed E-state index contributed by atoms with van der Waals surface area (Å²) in [5.74, 6) is 0.198. The zero-order valence-electron chi connectivity index (χ0n) is 14.6. The molecule has 2 aromatic carbocycles. The summed E-state index contributed by atoms with van der Waals surface area (Å²) in [5.41, 5.74) is 0.177. The SMILES string of the molecule is COc1ccc(Nc2ncc(C(F)(F)F)c(Nc3cccc(C#N)c3)n2)cc1. The van der Waals surface area contributed by atoms with Gasteiger partial charge in [-0.2, -0.15) is 23.4 Å². The third-order valence-electron chi connectivity index (χ3n) is 3.69. The smallest absolute Gasteiger partial charge is 0.421 e. The van der Waals surface area contributed by atoms with Crippen molar-refractivity contribution < 1.29 is 17.9 Å². The van der Waals surface area contributed by atoms with Crippen molar-refractivity contribution in [3.05, 3.63) is 65.9 Å². The summed E-state index contributed by atoms with van der Waals surface area (Å²) >= 11 is 0. The molecule has 28 heavy (non-hydrogen) atoms. The van der Waals surface area contributed by atoms with Gasteiger partial charge in [-0.05, 0) is 42.5 Å². The van der Waals surface area contributed by atoms with Crippen LogP contribution in [0.5, 0.6) is 5.75 Å². The van der Waals surface area contributed by atoms with Gasteiger partial charge in [0.2, 0.25) is 5.95 Å². The Labute approximate surface area is 158 Å². The molecule has 9 heteroatoms. The first-order chi connectivity index (χ1) is 13.4. The maximum atomic E-state index is 13.3. The fourth-order valence-corrected chi connectivity index (χ4v) is 2.35. The number of nitrogens with zero attached hydrogens (tertiary/aromatic N) is 3. The van der Waals surface area contributed by atoms with Gasteiger partial charge in [0.05, 0.1) is 18.7 Å². The van der Waals surface area contributed by atoms with Crippen LogP contribution in [0.15, 0.2) is 54.7 Å². The molecule has 1 aromatic heterocycles. The molecular formula is C19H14F3N5O. The van der Waals surface area contributed by atoms with Gasteiger partial charge in [-0.1, -0.05) is 6.07 Å². The number of alkyl halides is 3. The van der Waals surface area contributed by atoms with Crippen LogP contribution in [0.1, 0.15) is 11.1 Å². The van der Waals surface area contributed by atoms with Crippen molar-refractivity contribution >= 4 is 23.1 Å². The zero-order chi connectivity index (χ0) is 20.1. The topological polar surface area (TPSA) is 82.9 Å². The number of hydrogen-bond acceptors (Lipinski definition) is 6. The fraction of sp³-hybridized carbons (Fsp3) is 0.105. The molecule has 0 aliphatic heterocycles. The third kappa shape index (κ3) is 4.48. The zero-order valence-corrected chi connectivity index (χ0v) is 14.6. The Morgan fingerprint density at radius 2 is 1.79 bits per heavy atom. The van der Waals surface area contributed by atoms with E-state index in [1.54, 1.807) is 42.5 Å². The summed E-state index contributed by atoms with van der Waals surface area (Å²) in [6.45, 7) is 0. The molecule has 0 amide bonds. The highest BCUT2D eigenvalue weighted by Crippen LogP contribution is 2.35. The van der Waals surface area contributed by atoms with Crippen LogP contribution < -0.4 is 15.4 Å². The lowest BCUT2D eigenvalue weighted by atomic mass is 10.2. The number of methoxy groups -OCH3 is 1. The van der Waals surface area contributed by atoms with Gasteiger partial charge in [0, 0.05) is 17.6 Å². The van der Waals surface area contributed by atoms with Crippen LogP contribution in [0.3, 0.4) is 0 Å². The molecule has 0 atom stereocenters. The highest BCUT2D eigenvalue weighted by molar-refractivity contribution is 5.64. The van der Waals surface area contributed by atoms with E-state index in [1.807, 2.05) is 6.07 Å². The molecule has 0 spiro atoms. The Hall–Kier alpha value is -3.80. The lowest BCUT2D eigenvalue weighted by Crippen LogP contribution is -2.12. The van der Waals surface area contributed by atoms with Crippen molar-refractivity contribution in [1.29, 1.82) is 5.26 Å². The number of aromatic nitrogens is 2. The average Bonchev–Trinajstić information content (AvgIpc) is 2.68. The van der Waals surface area contributed by atoms with E-state index in [-0.39, 0.29) is 5.95 Å². The Kier molecular flexibility index (Phi) is 5.31. The molecule has 0 radical (unpaired) electrons. The first-order valence-electron chi connectivity index (χ1n) is 8.01. The Balaban J connectivity index is 1.93. The van der Waals surface area contributed by atoms with E-state index in [0.29, 0.717) is 28.9 Å². The van der Waals surface area contributed by atoms with Crippen molar-refractivity contribution in [3.8, 4) is 11.8 Å². The quantitative estimate of drug-likeness (QED) is 0.652. The van der Waals surface area contributed by atoms with Crippen LogP contribution in [0, 0.1) is 11.3 Å². The second-order valence-corrected chi connectivity index (χ2v) is 5.62. The number of ether oxygens (including phenoxy) is 1. The average molecular weight is 385 g/mol. The molecule has 142 valence electrons. The molecule has 6 nitrogen and oxygen atoms in total. The molecule has 0 bridgehead atoms. The molecule has 0 aliphatic rings. The van der Waals surface area contributed by atoms with Crippen LogP contribution in [-0.2, 0) is 6.18 Å². The Bertz CT molecular complexity index is 1010. The summed E-state index contributed by atoms with van der Waals surface area (Å²) in [4.78, 5) is 7.71. The second-order valence-electron chi connectivity index (χ2n) is 5.62. The molecule has 0 saturated heterocycles. The summed E-state index contributed by atoms with van der Waals surface area (Å²) in [6.07, 6.45) is -3.94. The molecule has 0 aliphatic carbocycles. The third-order valence-corrected chi connectivity index (χ3v) is 3.69. The second kappa shape index (κ2) is 7.84. The van der Waals surface area contributed by atoms with E-state index in [2.05, 4.69) is 20.6 Å². The van der Waals surface area contributed by atoms with Gasteiger partial charge in [0.25, 0.3) is 0 Å². The monoisotopic (exact) mass is 385 g/mol. The molecule has 2 N–H and O–H groups in total. The van der Waals surface area contributed by atoms with E-state index in [0.717, 1.165) is 0 Å². The van der Waals surface area contributed by atoms with Gasteiger partial charge in [0.15, 0.2) is 0 Å². The van der Waals surface area contributed by atoms with Crippen LogP contribution in [0.2, 0.25) is 0 Å². The van der Waals surface area contributed by atoms with E-state index in [4.69, 9.17) is 10.00 Å². The predicted molar refractivity (Wildman–Crippen MR) is 97.8 cm³/mol. The number of halogens is 3. The van der Waals surface area contributed by atoms with Gasteiger partial charge in [-0.15, -0.1) is 0 Å². The number of hydrogen-bond donors (Lipinski definition) is 2. The van der Waals surface area contributed by atoms with Gasteiger partial charge >= 0.3 is 6.18 Å². The summed E-state index contributed by atoms with van der Waals surface area (Å²) in [7, 11) is 1.53. The van der Waals surface area contributed by atoms with Crippen molar-refractivity contribution in [3.63, 3.8) is 0 Å². The Morgan fingerprint density at radius 3 is 2.43 bits per heavy atom. The van der Waals surface area contributed by atoms with Crippen LogP contribution in [-0.4, -0.2) is 17.1 Å². The van der Waals surface area contributed by atoms with E-state index in [1.165, 1.54) is 13.2 Å². The maximum Gasteiger partial charge on any atom is 0.421 e. The van der Waals surface area contributed by atoms with Gasteiger partial charge in [0.1, 0.15) is 17.1 Å². The van der Waals surface area contributed by atoms with Crippen LogP contribution in [0.4, 0.5) is 36.3 Å². The molecule has 0 unspecified atom stereocenters. The minimum Gasteiger partial charge on any atom is -0.497 e. The Morgan fingerprint density at radius 1 is 1.04 bits per heavy atom. The molecule has 0 fully saturated rings. The number of nitriles is 1. The van der Waals surface area contributed by atoms with E-state index < -0.39 is 17.6 Å². The minimum atomic E-state index is -4.65. The fourth-order valence-electron chi connectivity index (χ4n) is 2.35. The molecule has 3 aromatic rings. The predicted octanol–water partition coefficient (Wildman–Crippen LogP) is 4.86. The maximum absolute atomic E-state index is 13.3. The summed E-state index contributed by atoms with van der Waals surface area (Å²) in [6, 6.07) is 14.8. The van der Waals surface area contributed by atoms with E-state index in [9.17, 15) is 13.2 Å². The van der Waals surface area contributed by atoms with E-state index >= 15 is 0 Å². The minimum absolute atomic E-state index is 0.0166. The van der Waals surface area contributed by atoms with Crippen LogP contribution in [0.25, 0.3) is 0 Å². The first kappa shape index (κ1) is 19.0. The standard InChI is InChI=1S/C19H14F3N5O/c1-28-15-7-5-13(6-8-15)26-18-24-11-16(19(20,21)22)17(27-18)25-14-4-2-3-12(9-14)10-23/h2-9,11H,1H3,(H2,24,25,26,27). The normalized spacial score (nSPS) is 10.8. The number of benzene rings is 2. The largest absolute Gasteiger partial charge is 0.497 e. The number of anilines is 4. The lowest BCUT2D eigenvalue weighted by Gasteiger charge is -2.15. The number of rotatable bonds is 5. The van der Waals surface area contributed by atoms with Gasteiger partial charge in [-0.25, -0.2) is 4.98 Å². The molecule has 3 rings (SSSR count). The number of nitrogens with one attached hydrogen (secondary N) is 2. The first-order valence-corrected chi connectivity index (χ1v) is 8.01. The molecule has 1 heterocycles. The van der Waals surface area contributed by atoms with Gasteiger partial charge in [-0.3, -0.25) is 0 Å². The molecule has 0 saturated carbocycles. The highest BCUT2D eigenvalue weighted by Gasteiger charge is 2.35. The molecular weight excluding hydrogens is 371 g/mol. The highest BCUT2D eigenvalue weighted by atomic mass is 19.4. The summed E-state index contributed by atoms with van der Waals surface area (Å²) < 4.78 is 45.1. The van der Waals surface area contributed by atoms with Crippen molar-refractivity contribution in [2.45, 2.75) is 6.18 Å². The van der Waals surface area contributed by atoms with Crippen molar-refractivity contribution in [2.75, 3.05) is 17.7 Å².